The molecule has 2 aromatic rings. The van der Waals surface area contributed by atoms with E-state index in [1.807, 2.05) is 51.1 Å². The van der Waals surface area contributed by atoms with Crippen molar-refractivity contribution >= 4 is 6.03 Å². The summed E-state index contributed by atoms with van der Waals surface area (Å²) in [5.41, 5.74) is 0.893. The Kier molecular flexibility index (Phi) is 5.52. The summed E-state index contributed by atoms with van der Waals surface area (Å²) in [6.45, 7) is 6.89. The Morgan fingerprint density at radius 1 is 1.32 bits per heavy atom. The fourth-order valence-electron chi connectivity index (χ4n) is 1.99. The Hall–Kier alpha value is -2.37. The molecule has 0 saturated carbocycles. The van der Waals surface area contributed by atoms with E-state index in [0.717, 1.165) is 12.0 Å². The van der Waals surface area contributed by atoms with Crippen LogP contribution in [-0.4, -0.2) is 33.7 Å². The highest BCUT2D eigenvalue weighted by Crippen LogP contribution is 2.16. The first-order valence-electron chi connectivity index (χ1n) is 7.54. The van der Waals surface area contributed by atoms with E-state index < -0.39 is 0 Å². The number of nitrogens with one attached hydrogen (secondary N) is 1. The second kappa shape index (κ2) is 7.59. The molecule has 0 aliphatic carbocycles. The largest absolute Gasteiger partial charge is 0.338 e. The van der Waals surface area contributed by atoms with Gasteiger partial charge in [0.1, 0.15) is 6.54 Å². The first-order valence-corrected chi connectivity index (χ1v) is 7.54. The zero-order chi connectivity index (χ0) is 15.9. The Morgan fingerprint density at radius 3 is 2.68 bits per heavy atom. The van der Waals surface area contributed by atoms with Crippen molar-refractivity contribution in [1.82, 2.24) is 20.4 Å². The van der Waals surface area contributed by atoms with Crippen molar-refractivity contribution < 1.29 is 9.32 Å². The maximum Gasteiger partial charge on any atom is 0.318 e. The molecule has 2 amide bonds. The highest BCUT2D eigenvalue weighted by Gasteiger charge is 2.20. The van der Waals surface area contributed by atoms with E-state index in [-0.39, 0.29) is 12.1 Å². The van der Waals surface area contributed by atoms with Crippen molar-refractivity contribution in [2.75, 3.05) is 6.54 Å². The number of benzene rings is 1. The lowest BCUT2D eigenvalue weighted by molar-refractivity contribution is 0.169. The summed E-state index contributed by atoms with van der Waals surface area (Å²) in [5.74, 6) is 0.965. The smallest absolute Gasteiger partial charge is 0.318 e. The van der Waals surface area contributed by atoms with Crippen LogP contribution in [0.25, 0.3) is 11.4 Å². The van der Waals surface area contributed by atoms with Gasteiger partial charge in [0.2, 0.25) is 11.7 Å². The molecule has 6 heteroatoms. The quantitative estimate of drug-likeness (QED) is 0.890. The summed E-state index contributed by atoms with van der Waals surface area (Å²) in [6.07, 6.45) is 0.899. The summed E-state index contributed by atoms with van der Waals surface area (Å²) in [5, 5.41) is 6.85. The average Bonchev–Trinajstić information content (AvgIpc) is 2.99. The van der Waals surface area contributed by atoms with E-state index in [9.17, 15) is 4.79 Å². The standard InChI is InChI=1S/C16H22N4O2/c1-4-10-17-16(21)20(12(2)3)11-14-18-15(19-22-14)13-8-6-5-7-9-13/h5-9,12H,4,10-11H2,1-3H3,(H,17,21). The van der Waals surface area contributed by atoms with E-state index in [4.69, 9.17) is 4.52 Å². The molecule has 0 aliphatic heterocycles. The van der Waals surface area contributed by atoms with Gasteiger partial charge < -0.3 is 14.7 Å². The first kappa shape index (κ1) is 16.0. The molecule has 1 aromatic carbocycles. The lowest BCUT2D eigenvalue weighted by atomic mass is 10.2. The number of rotatable bonds is 6. The van der Waals surface area contributed by atoms with Crippen LogP contribution in [0.2, 0.25) is 0 Å². The summed E-state index contributed by atoms with van der Waals surface area (Å²) < 4.78 is 5.27. The lowest BCUT2D eigenvalue weighted by Crippen LogP contribution is -2.43. The summed E-state index contributed by atoms with van der Waals surface area (Å²) in [4.78, 5) is 18.2. The molecule has 1 heterocycles. The van der Waals surface area contributed by atoms with E-state index >= 15 is 0 Å². The normalized spacial score (nSPS) is 10.7. The van der Waals surface area contributed by atoms with E-state index in [2.05, 4.69) is 15.5 Å². The molecule has 6 nitrogen and oxygen atoms in total. The Balaban J connectivity index is 2.08. The third-order valence-corrected chi connectivity index (χ3v) is 3.22. The minimum atomic E-state index is -0.115. The number of amides is 2. The number of hydrogen-bond donors (Lipinski definition) is 1. The van der Waals surface area contributed by atoms with Gasteiger partial charge in [0.15, 0.2) is 0 Å². The molecule has 2 rings (SSSR count). The van der Waals surface area contributed by atoms with Crippen molar-refractivity contribution in [1.29, 1.82) is 0 Å². The fraction of sp³-hybridized carbons (Fsp3) is 0.438. The average molecular weight is 302 g/mol. The van der Waals surface area contributed by atoms with E-state index in [1.54, 1.807) is 4.90 Å². The van der Waals surface area contributed by atoms with Crippen molar-refractivity contribution in [2.24, 2.45) is 0 Å². The van der Waals surface area contributed by atoms with Crippen LogP contribution >= 0.6 is 0 Å². The molecule has 0 radical (unpaired) electrons. The molecular formula is C16H22N4O2. The predicted octanol–water partition coefficient (Wildman–Crippen LogP) is 3.07. The molecule has 1 aromatic heterocycles. The van der Waals surface area contributed by atoms with Gasteiger partial charge in [-0.2, -0.15) is 4.98 Å². The number of hydrogen-bond acceptors (Lipinski definition) is 4. The Morgan fingerprint density at radius 2 is 2.05 bits per heavy atom. The third-order valence-electron chi connectivity index (χ3n) is 3.22. The second-order valence-corrected chi connectivity index (χ2v) is 5.33. The molecule has 0 atom stereocenters. The topological polar surface area (TPSA) is 71.3 Å². The highest BCUT2D eigenvalue weighted by molar-refractivity contribution is 5.74. The van der Waals surface area contributed by atoms with Crippen molar-refractivity contribution in [3.8, 4) is 11.4 Å². The van der Waals surface area contributed by atoms with Crippen LogP contribution in [-0.2, 0) is 6.54 Å². The van der Waals surface area contributed by atoms with E-state index in [1.165, 1.54) is 0 Å². The van der Waals surface area contributed by atoms with Gasteiger partial charge in [0.25, 0.3) is 0 Å². The number of aromatic nitrogens is 2. The minimum absolute atomic E-state index is 0.0453. The zero-order valence-electron chi connectivity index (χ0n) is 13.2. The molecule has 0 saturated heterocycles. The van der Waals surface area contributed by atoms with Crippen LogP contribution < -0.4 is 5.32 Å². The summed E-state index contributed by atoms with van der Waals surface area (Å²) in [7, 11) is 0. The molecule has 0 aliphatic rings. The van der Waals surface area contributed by atoms with Gasteiger partial charge in [0.05, 0.1) is 0 Å². The van der Waals surface area contributed by atoms with Gasteiger partial charge in [-0.3, -0.25) is 0 Å². The maximum atomic E-state index is 12.1. The van der Waals surface area contributed by atoms with Gasteiger partial charge in [0, 0.05) is 18.2 Å². The van der Waals surface area contributed by atoms with Crippen molar-refractivity contribution in [3.63, 3.8) is 0 Å². The van der Waals surface area contributed by atoms with Gasteiger partial charge in [-0.15, -0.1) is 0 Å². The van der Waals surface area contributed by atoms with Crippen LogP contribution in [0.5, 0.6) is 0 Å². The Bertz CT molecular complexity index is 595. The highest BCUT2D eigenvalue weighted by atomic mass is 16.5. The summed E-state index contributed by atoms with van der Waals surface area (Å²) in [6, 6.07) is 9.54. The fourth-order valence-corrected chi connectivity index (χ4v) is 1.99. The van der Waals surface area contributed by atoms with Gasteiger partial charge in [-0.05, 0) is 20.3 Å². The minimum Gasteiger partial charge on any atom is -0.338 e. The molecular weight excluding hydrogens is 280 g/mol. The van der Waals surface area contributed by atoms with Gasteiger partial charge in [-0.1, -0.05) is 42.4 Å². The van der Waals surface area contributed by atoms with Crippen LogP contribution in [0.1, 0.15) is 33.1 Å². The second-order valence-electron chi connectivity index (χ2n) is 5.33. The monoisotopic (exact) mass is 302 g/mol. The molecule has 0 fully saturated rings. The molecule has 0 bridgehead atoms. The van der Waals surface area contributed by atoms with Crippen molar-refractivity contribution in [3.05, 3.63) is 36.2 Å². The van der Waals surface area contributed by atoms with Gasteiger partial charge in [-0.25, -0.2) is 4.79 Å². The predicted molar refractivity (Wildman–Crippen MR) is 84.1 cm³/mol. The first-order chi connectivity index (χ1) is 10.6. The Labute approximate surface area is 130 Å². The summed E-state index contributed by atoms with van der Waals surface area (Å²) >= 11 is 0. The molecule has 22 heavy (non-hydrogen) atoms. The number of carbonyl (C=O) groups excluding carboxylic acids is 1. The molecule has 1 N–H and O–H groups in total. The zero-order valence-corrected chi connectivity index (χ0v) is 13.2. The van der Waals surface area contributed by atoms with Crippen molar-refractivity contribution in [2.45, 2.75) is 39.8 Å². The van der Waals surface area contributed by atoms with Gasteiger partial charge >= 0.3 is 6.03 Å². The SMILES string of the molecule is CCCNC(=O)N(Cc1nc(-c2ccccc2)no1)C(C)C. The van der Waals surface area contributed by atoms with Crippen LogP contribution in [0, 0.1) is 0 Å². The number of carbonyl (C=O) groups is 1. The number of urea groups is 1. The lowest BCUT2D eigenvalue weighted by Gasteiger charge is -2.25. The third kappa shape index (κ3) is 4.07. The van der Waals surface area contributed by atoms with Crippen LogP contribution in [0.3, 0.4) is 0 Å². The number of nitrogens with zero attached hydrogens (tertiary/aromatic N) is 3. The van der Waals surface area contributed by atoms with Crippen LogP contribution in [0.4, 0.5) is 4.79 Å². The van der Waals surface area contributed by atoms with E-state index in [0.29, 0.717) is 24.8 Å². The molecule has 0 spiro atoms. The molecule has 0 unspecified atom stereocenters. The van der Waals surface area contributed by atoms with Crippen LogP contribution in [0.15, 0.2) is 34.9 Å². The maximum absolute atomic E-state index is 12.1. The molecule has 118 valence electrons.